The number of phenolic OH excluding ortho intramolecular Hbond substituents is 2. The highest BCUT2D eigenvalue weighted by Gasteiger charge is 2.45. The van der Waals surface area contributed by atoms with Crippen LogP contribution in [0, 0.1) is 0 Å². The summed E-state index contributed by atoms with van der Waals surface area (Å²) in [6, 6.07) is 9.80. The SMILES string of the molecule is CC(=O)CCc1ccc(OC2OC(COC(=O)c3ccc(O)cc3)C(O)C(O)C2O)c(O)c1. The van der Waals surface area contributed by atoms with Crippen molar-refractivity contribution in [2.45, 2.75) is 50.5 Å². The van der Waals surface area contributed by atoms with Crippen LogP contribution in [0.2, 0.25) is 0 Å². The summed E-state index contributed by atoms with van der Waals surface area (Å²) < 4.78 is 16.1. The fraction of sp³-hybridized carbons (Fsp3) is 0.391. The number of aliphatic hydroxyl groups is 3. The minimum absolute atomic E-state index is 0.0123. The van der Waals surface area contributed by atoms with Gasteiger partial charge in [-0.1, -0.05) is 6.07 Å². The summed E-state index contributed by atoms with van der Waals surface area (Å²) in [4.78, 5) is 23.3. The van der Waals surface area contributed by atoms with E-state index in [1.807, 2.05) is 0 Å². The number of aliphatic hydroxyl groups excluding tert-OH is 3. The molecular formula is C23H26O10. The van der Waals surface area contributed by atoms with Crippen LogP contribution >= 0.6 is 0 Å². The molecule has 0 aromatic heterocycles. The molecule has 10 nitrogen and oxygen atoms in total. The van der Waals surface area contributed by atoms with Crippen LogP contribution in [-0.4, -0.2) is 74.6 Å². The first-order chi connectivity index (χ1) is 15.7. The number of carbonyl (C=O) groups excluding carboxylic acids is 2. The highest BCUT2D eigenvalue weighted by Crippen LogP contribution is 2.31. The van der Waals surface area contributed by atoms with Crippen molar-refractivity contribution in [1.29, 1.82) is 0 Å². The number of aryl methyl sites for hydroxylation is 1. The van der Waals surface area contributed by atoms with Crippen LogP contribution in [-0.2, 0) is 20.7 Å². The third-order valence-corrected chi connectivity index (χ3v) is 5.18. The zero-order chi connectivity index (χ0) is 24.1. The van der Waals surface area contributed by atoms with Gasteiger partial charge in [0, 0.05) is 6.42 Å². The number of aromatic hydroxyl groups is 2. The van der Waals surface area contributed by atoms with E-state index >= 15 is 0 Å². The van der Waals surface area contributed by atoms with Crippen LogP contribution in [0.3, 0.4) is 0 Å². The Hall–Kier alpha value is -3.18. The molecule has 5 N–H and O–H groups in total. The maximum atomic E-state index is 12.2. The lowest BCUT2D eigenvalue weighted by atomic mass is 9.99. The number of benzene rings is 2. The van der Waals surface area contributed by atoms with Gasteiger partial charge in [0.05, 0.1) is 5.56 Å². The zero-order valence-corrected chi connectivity index (χ0v) is 17.8. The normalized spacial score (nSPS) is 24.8. The number of hydrogen-bond donors (Lipinski definition) is 5. The van der Waals surface area contributed by atoms with Gasteiger partial charge in [0.15, 0.2) is 11.5 Å². The summed E-state index contributed by atoms with van der Waals surface area (Å²) in [5, 5.41) is 50.2. The molecule has 5 atom stereocenters. The molecule has 0 spiro atoms. The number of carbonyl (C=O) groups is 2. The third-order valence-electron chi connectivity index (χ3n) is 5.18. The molecule has 1 aliphatic rings. The van der Waals surface area contributed by atoms with E-state index in [1.165, 1.54) is 43.3 Å². The van der Waals surface area contributed by atoms with E-state index in [-0.39, 0.29) is 28.6 Å². The van der Waals surface area contributed by atoms with Crippen molar-refractivity contribution in [1.82, 2.24) is 0 Å². The lowest BCUT2D eigenvalue weighted by Crippen LogP contribution is -2.60. The summed E-state index contributed by atoms with van der Waals surface area (Å²) in [7, 11) is 0. The molecule has 3 rings (SSSR count). The van der Waals surface area contributed by atoms with Crippen molar-refractivity contribution < 1.29 is 49.3 Å². The smallest absolute Gasteiger partial charge is 0.338 e. The van der Waals surface area contributed by atoms with Gasteiger partial charge in [-0.15, -0.1) is 0 Å². The summed E-state index contributed by atoms with van der Waals surface area (Å²) >= 11 is 0. The van der Waals surface area contributed by atoms with Gasteiger partial charge in [-0.05, 0) is 55.3 Å². The standard InChI is InChI=1S/C23H26O10/c1-12(24)2-3-13-4-9-17(16(26)10-13)32-23-21(29)20(28)19(27)18(33-23)11-31-22(30)14-5-7-15(25)8-6-14/h4-10,18-21,23,25-29H,2-3,11H2,1H3. The molecule has 10 heteroatoms. The molecular weight excluding hydrogens is 436 g/mol. The minimum atomic E-state index is -1.67. The molecule has 1 heterocycles. The Kier molecular flexibility index (Phi) is 7.88. The van der Waals surface area contributed by atoms with Gasteiger partial charge in [-0.3, -0.25) is 0 Å². The van der Waals surface area contributed by atoms with Crippen LogP contribution < -0.4 is 4.74 Å². The second kappa shape index (κ2) is 10.6. The van der Waals surface area contributed by atoms with Gasteiger partial charge >= 0.3 is 5.97 Å². The van der Waals surface area contributed by atoms with Gasteiger partial charge in [0.25, 0.3) is 0 Å². The van der Waals surface area contributed by atoms with Crippen LogP contribution in [0.1, 0.15) is 29.3 Å². The Bertz CT molecular complexity index is 974. The lowest BCUT2D eigenvalue weighted by Gasteiger charge is -2.39. The number of hydrogen-bond acceptors (Lipinski definition) is 10. The number of ketones is 1. The summed E-state index contributed by atoms with van der Waals surface area (Å²) in [6.07, 6.45) is -6.85. The molecule has 1 fully saturated rings. The van der Waals surface area contributed by atoms with Gasteiger partial charge in [-0.25, -0.2) is 4.79 Å². The van der Waals surface area contributed by atoms with Gasteiger partial charge in [-0.2, -0.15) is 0 Å². The third kappa shape index (κ3) is 6.20. The fourth-order valence-electron chi connectivity index (χ4n) is 3.25. The second-order valence-electron chi connectivity index (χ2n) is 7.78. The number of phenols is 2. The van der Waals surface area contributed by atoms with Crippen molar-refractivity contribution in [3.05, 3.63) is 53.6 Å². The van der Waals surface area contributed by atoms with Gasteiger partial charge in [0.1, 0.15) is 42.6 Å². The second-order valence-corrected chi connectivity index (χ2v) is 7.78. The number of esters is 1. The van der Waals surface area contributed by atoms with Gasteiger partial charge < -0.3 is 44.5 Å². The monoisotopic (exact) mass is 462 g/mol. The quantitative estimate of drug-likeness (QED) is 0.352. The molecule has 5 unspecified atom stereocenters. The van der Waals surface area contributed by atoms with Crippen LogP contribution in [0.15, 0.2) is 42.5 Å². The number of Topliss-reactive ketones (excluding diaryl/α,β-unsaturated/α-hetero) is 1. The van der Waals surface area contributed by atoms with E-state index in [9.17, 15) is 35.1 Å². The molecule has 0 aliphatic carbocycles. The van der Waals surface area contributed by atoms with Crippen LogP contribution in [0.5, 0.6) is 17.2 Å². The van der Waals surface area contributed by atoms with E-state index in [0.717, 1.165) is 0 Å². The first-order valence-corrected chi connectivity index (χ1v) is 10.3. The zero-order valence-electron chi connectivity index (χ0n) is 17.8. The average Bonchev–Trinajstić information content (AvgIpc) is 2.78. The average molecular weight is 462 g/mol. The van der Waals surface area contributed by atoms with Crippen molar-refractivity contribution >= 4 is 11.8 Å². The van der Waals surface area contributed by atoms with Crippen LogP contribution in [0.4, 0.5) is 0 Å². The Labute approximate surface area is 189 Å². The summed E-state index contributed by atoms with van der Waals surface area (Å²) in [6.45, 7) is 1.01. The maximum Gasteiger partial charge on any atom is 0.338 e. The maximum absolute atomic E-state index is 12.2. The molecule has 0 amide bonds. The topological polar surface area (TPSA) is 163 Å². The molecule has 0 saturated carbocycles. The van der Waals surface area contributed by atoms with Gasteiger partial charge in [0.2, 0.25) is 6.29 Å². The van der Waals surface area contributed by atoms with E-state index in [1.54, 1.807) is 6.07 Å². The molecule has 1 saturated heterocycles. The highest BCUT2D eigenvalue weighted by molar-refractivity contribution is 5.89. The van der Waals surface area contributed by atoms with Crippen molar-refractivity contribution in [3.63, 3.8) is 0 Å². The van der Waals surface area contributed by atoms with E-state index < -0.39 is 43.3 Å². The predicted octanol–water partition coefficient (Wildman–Crippen LogP) is 0.663. The highest BCUT2D eigenvalue weighted by atomic mass is 16.7. The van der Waals surface area contributed by atoms with Crippen LogP contribution in [0.25, 0.3) is 0 Å². The Morgan fingerprint density at radius 2 is 1.67 bits per heavy atom. The van der Waals surface area contributed by atoms with Crippen molar-refractivity contribution in [2.24, 2.45) is 0 Å². The molecule has 33 heavy (non-hydrogen) atoms. The molecule has 0 bridgehead atoms. The van der Waals surface area contributed by atoms with E-state index in [2.05, 4.69) is 0 Å². The largest absolute Gasteiger partial charge is 0.508 e. The molecule has 1 aliphatic heterocycles. The number of ether oxygens (including phenoxy) is 3. The fourth-order valence-corrected chi connectivity index (χ4v) is 3.25. The first-order valence-electron chi connectivity index (χ1n) is 10.3. The minimum Gasteiger partial charge on any atom is -0.508 e. The Morgan fingerprint density at radius 1 is 0.970 bits per heavy atom. The molecule has 2 aromatic carbocycles. The summed E-state index contributed by atoms with van der Waals surface area (Å²) in [5.41, 5.74) is 0.857. The Balaban J connectivity index is 1.64. The predicted molar refractivity (Wildman–Crippen MR) is 113 cm³/mol. The van der Waals surface area contributed by atoms with Crippen molar-refractivity contribution in [2.75, 3.05) is 6.61 Å². The molecule has 178 valence electrons. The van der Waals surface area contributed by atoms with E-state index in [0.29, 0.717) is 18.4 Å². The molecule has 0 radical (unpaired) electrons. The summed E-state index contributed by atoms with van der Waals surface area (Å²) in [5.74, 6) is -1.07. The molecule has 2 aromatic rings. The first kappa shape index (κ1) is 24.5. The van der Waals surface area contributed by atoms with Crippen molar-refractivity contribution in [3.8, 4) is 17.2 Å². The van der Waals surface area contributed by atoms with E-state index in [4.69, 9.17) is 14.2 Å². The lowest BCUT2D eigenvalue weighted by molar-refractivity contribution is -0.277. The number of rotatable bonds is 8. The Morgan fingerprint density at radius 3 is 2.30 bits per heavy atom.